The molecule has 0 amide bonds. The van der Waals surface area contributed by atoms with Crippen molar-refractivity contribution in [2.75, 3.05) is 6.54 Å². The standard InChI is InChI=1S/C14H14F2N2O3/c15-11-2-3-12(17-8-11)9-21-13-4-1-10(14(16)7-13)5-6-18(19)20/h1-4,7-8,18-19H,5-6,9H2. The molecule has 0 aliphatic heterocycles. The van der Waals surface area contributed by atoms with E-state index >= 15 is 0 Å². The second-order valence-electron chi connectivity index (χ2n) is 4.40. The van der Waals surface area contributed by atoms with Crippen LogP contribution in [0.25, 0.3) is 0 Å². The maximum Gasteiger partial charge on any atom is 0.141 e. The fourth-order valence-electron chi connectivity index (χ4n) is 1.71. The van der Waals surface area contributed by atoms with Crippen molar-refractivity contribution in [2.24, 2.45) is 0 Å². The first-order valence-corrected chi connectivity index (χ1v) is 6.28. The van der Waals surface area contributed by atoms with E-state index in [2.05, 4.69) is 4.98 Å². The summed E-state index contributed by atoms with van der Waals surface area (Å²) in [6, 6.07) is 6.99. The van der Waals surface area contributed by atoms with Crippen LogP contribution in [-0.4, -0.2) is 16.7 Å². The second-order valence-corrected chi connectivity index (χ2v) is 4.40. The number of nitrogens with one attached hydrogen (secondary N) is 1. The summed E-state index contributed by atoms with van der Waals surface area (Å²) in [6.07, 6.45) is 1.20. The molecule has 0 fully saturated rings. The van der Waals surface area contributed by atoms with Gasteiger partial charge >= 0.3 is 0 Å². The third-order valence-corrected chi connectivity index (χ3v) is 2.81. The second kappa shape index (κ2) is 7.07. The average Bonchev–Trinajstić information content (AvgIpc) is 2.45. The zero-order valence-corrected chi connectivity index (χ0v) is 11.1. The molecule has 1 atom stereocenters. The third-order valence-electron chi connectivity index (χ3n) is 2.81. The predicted molar refractivity (Wildman–Crippen MR) is 69.6 cm³/mol. The molecule has 1 aromatic carbocycles. The van der Waals surface area contributed by atoms with E-state index in [-0.39, 0.29) is 19.6 Å². The molecule has 0 spiro atoms. The van der Waals surface area contributed by atoms with Crippen molar-refractivity contribution in [3.8, 4) is 5.75 Å². The van der Waals surface area contributed by atoms with E-state index in [9.17, 15) is 14.0 Å². The Kier molecular flexibility index (Phi) is 5.15. The van der Waals surface area contributed by atoms with Gasteiger partial charge in [0.1, 0.15) is 30.5 Å². The third kappa shape index (κ3) is 4.75. The highest BCUT2D eigenvalue weighted by Crippen LogP contribution is 2.18. The molecule has 5 nitrogen and oxygen atoms in total. The lowest BCUT2D eigenvalue weighted by Gasteiger charge is -2.12. The largest absolute Gasteiger partial charge is 0.600 e. The SMILES string of the molecule is [O-][NH+](O)CCc1ccc(OCc2ccc(F)cn2)cc1F. The van der Waals surface area contributed by atoms with Gasteiger partial charge in [0.15, 0.2) is 0 Å². The van der Waals surface area contributed by atoms with Gasteiger partial charge in [-0.3, -0.25) is 4.98 Å². The van der Waals surface area contributed by atoms with Crippen molar-refractivity contribution in [1.82, 2.24) is 4.98 Å². The van der Waals surface area contributed by atoms with Crippen LogP contribution in [0.5, 0.6) is 5.75 Å². The lowest BCUT2D eigenvalue weighted by Crippen LogP contribution is -3.04. The number of quaternary nitrogens is 1. The number of ether oxygens (including phenoxy) is 1. The van der Waals surface area contributed by atoms with Crippen LogP contribution < -0.4 is 9.96 Å². The minimum Gasteiger partial charge on any atom is -0.600 e. The minimum atomic E-state index is -0.975. The van der Waals surface area contributed by atoms with Crippen LogP contribution in [0.15, 0.2) is 36.5 Å². The molecular weight excluding hydrogens is 282 g/mol. The minimum absolute atomic E-state index is 0.0915. The zero-order chi connectivity index (χ0) is 15.2. The van der Waals surface area contributed by atoms with E-state index in [4.69, 9.17) is 9.94 Å². The van der Waals surface area contributed by atoms with Gasteiger partial charge in [0.2, 0.25) is 0 Å². The quantitative estimate of drug-likeness (QED) is 0.787. The van der Waals surface area contributed by atoms with Crippen molar-refractivity contribution in [2.45, 2.75) is 13.0 Å². The number of nitrogens with zero attached hydrogens (tertiary/aromatic N) is 1. The normalized spacial score (nSPS) is 12.2. The molecule has 112 valence electrons. The molecule has 0 radical (unpaired) electrons. The molecular formula is C14H14F2N2O3. The van der Waals surface area contributed by atoms with Crippen LogP contribution in [0.4, 0.5) is 8.78 Å². The summed E-state index contributed by atoms with van der Waals surface area (Å²) in [4.78, 5) is 3.82. The van der Waals surface area contributed by atoms with Crippen molar-refractivity contribution < 1.29 is 24.0 Å². The van der Waals surface area contributed by atoms with Crippen molar-refractivity contribution in [3.63, 3.8) is 0 Å². The van der Waals surface area contributed by atoms with Gasteiger partial charge in [-0.05, 0) is 23.8 Å². The number of hydrogen-bond acceptors (Lipinski definition) is 4. The Morgan fingerprint density at radius 2 is 2.05 bits per heavy atom. The summed E-state index contributed by atoms with van der Waals surface area (Å²) >= 11 is 0. The number of halogens is 2. The molecule has 21 heavy (non-hydrogen) atoms. The Labute approximate surface area is 120 Å². The monoisotopic (exact) mass is 296 g/mol. The molecule has 1 heterocycles. The van der Waals surface area contributed by atoms with Gasteiger partial charge in [-0.1, -0.05) is 6.07 Å². The van der Waals surface area contributed by atoms with Crippen LogP contribution in [0, 0.1) is 16.8 Å². The first-order chi connectivity index (χ1) is 10.0. The Balaban J connectivity index is 1.95. The number of aromatic nitrogens is 1. The Hall–Kier alpha value is -2.09. The predicted octanol–water partition coefficient (Wildman–Crippen LogP) is 1.25. The average molecular weight is 296 g/mol. The van der Waals surface area contributed by atoms with Crippen LogP contribution >= 0.6 is 0 Å². The Morgan fingerprint density at radius 3 is 2.67 bits per heavy atom. The van der Waals surface area contributed by atoms with Crippen LogP contribution in [0.2, 0.25) is 0 Å². The summed E-state index contributed by atoms with van der Waals surface area (Å²) < 4.78 is 31.8. The van der Waals surface area contributed by atoms with Crippen molar-refractivity contribution in [3.05, 3.63) is 64.6 Å². The van der Waals surface area contributed by atoms with Gasteiger partial charge in [0.25, 0.3) is 0 Å². The number of hydroxylamine groups is 2. The smallest absolute Gasteiger partial charge is 0.141 e. The topological polar surface area (TPSA) is 69.9 Å². The maximum atomic E-state index is 13.7. The van der Waals surface area contributed by atoms with E-state index < -0.39 is 16.9 Å². The molecule has 2 N–H and O–H groups in total. The van der Waals surface area contributed by atoms with Crippen molar-refractivity contribution >= 4 is 0 Å². The van der Waals surface area contributed by atoms with E-state index in [1.165, 1.54) is 24.3 Å². The van der Waals surface area contributed by atoms with Gasteiger partial charge in [0, 0.05) is 12.5 Å². The molecule has 0 saturated heterocycles. The lowest BCUT2D eigenvalue weighted by molar-refractivity contribution is -1.05. The van der Waals surface area contributed by atoms with Gasteiger partial charge in [-0.25, -0.2) is 19.2 Å². The molecule has 0 aliphatic rings. The lowest BCUT2D eigenvalue weighted by atomic mass is 10.1. The molecule has 1 unspecified atom stereocenters. The summed E-state index contributed by atoms with van der Waals surface area (Å²) in [7, 11) is 0. The number of benzene rings is 1. The molecule has 2 aromatic rings. The van der Waals surface area contributed by atoms with Crippen LogP contribution in [-0.2, 0) is 13.0 Å². The molecule has 2 rings (SSSR count). The first-order valence-electron chi connectivity index (χ1n) is 6.28. The summed E-state index contributed by atoms with van der Waals surface area (Å²) in [5, 5.41) is 18.0. The first kappa shape index (κ1) is 15.3. The Bertz CT molecular complexity index is 591. The molecule has 0 saturated carbocycles. The fraction of sp³-hybridized carbons (Fsp3) is 0.214. The highest BCUT2D eigenvalue weighted by Gasteiger charge is 2.06. The molecule has 1 aromatic heterocycles. The van der Waals surface area contributed by atoms with E-state index in [1.54, 1.807) is 6.07 Å². The maximum absolute atomic E-state index is 13.7. The van der Waals surface area contributed by atoms with Crippen LogP contribution in [0.3, 0.4) is 0 Å². The number of rotatable bonds is 6. The Morgan fingerprint density at radius 1 is 1.24 bits per heavy atom. The van der Waals surface area contributed by atoms with E-state index in [0.29, 0.717) is 17.0 Å². The highest BCUT2D eigenvalue weighted by atomic mass is 19.1. The number of pyridine rings is 1. The molecule has 7 heteroatoms. The van der Waals surface area contributed by atoms with Gasteiger partial charge < -0.3 is 9.94 Å². The van der Waals surface area contributed by atoms with Gasteiger partial charge in [-0.15, -0.1) is 0 Å². The summed E-state index contributed by atoms with van der Waals surface area (Å²) in [5.74, 6) is -0.647. The van der Waals surface area contributed by atoms with Gasteiger partial charge in [-0.2, -0.15) is 0 Å². The number of hydrogen-bond donors (Lipinski definition) is 2. The van der Waals surface area contributed by atoms with E-state index in [0.717, 1.165) is 6.20 Å². The summed E-state index contributed by atoms with van der Waals surface area (Å²) in [5.41, 5.74) is 0.844. The highest BCUT2D eigenvalue weighted by molar-refractivity contribution is 5.29. The molecule has 0 aliphatic carbocycles. The fourth-order valence-corrected chi connectivity index (χ4v) is 1.71. The molecule has 0 bridgehead atoms. The van der Waals surface area contributed by atoms with Gasteiger partial charge in [0.05, 0.1) is 11.9 Å². The van der Waals surface area contributed by atoms with E-state index in [1.807, 2.05) is 0 Å². The summed E-state index contributed by atoms with van der Waals surface area (Å²) in [6.45, 7) is -0.0369. The zero-order valence-electron chi connectivity index (χ0n) is 11.1. The van der Waals surface area contributed by atoms with Crippen LogP contribution in [0.1, 0.15) is 11.3 Å². The van der Waals surface area contributed by atoms with Crippen molar-refractivity contribution in [1.29, 1.82) is 0 Å².